The van der Waals surface area contributed by atoms with E-state index in [-0.39, 0.29) is 18.1 Å². The van der Waals surface area contributed by atoms with Crippen molar-refractivity contribution < 1.29 is 9.90 Å². The van der Waals surface area contributed by atoms with Crippen molar-refractivity contribution in [3.05, 3.63) is 0 Å². The fourth-order valence-corrected chi connectivity index (χ4v) is 5.98. The van der Waals surface area contributed by atoms with E-state index in [0.717, 1.165) is 31.1 Å². The van der Waals surface area contributed by atoms with Crippen LogP contribution in [0.1, 0.15) is 51.9 Å². The zero-order valence-electron chi connectivity index (χ0n) is 12.5. The summed E-state index contributed by atoms with van der Waals surface area (Å²) in [6.45, 7) is 2.35. The zero-order chi connectivity index (χ0) is 13.9. The highest BCUT2D eigenvalue weighted by molar-refractivity contribution is 5.83. The van der Waals surface area contributed by atoms with Crippen molar-refractivity contribution in [1.82, 2.24) is 5.32 Å². The SMILES string of the molecule is CC1CCCC(CO)(NC(=O)C2C3C4CCC(C4)C23)C1. The van der Waals surface area contributed by atoms with Crippen LogP contribution in [0, 0.1) is 35.5 Å². The molecule has 0 aromatic rings. The van der Waals surface area contributed by atoms with Crippen molar-refractivity contribution in [3.8, 4) is 0 Å². The first-order chi connectivity index (χ1) is 9.63. The van der Waals surface area contributed by atoms with Gasteiger partial charge in [0.25, 0.3) is 0 Å². The smallest absolute Gasteiger partial charge is 0.224 e. The van der Waals surface area contributed by atoms with Crippen LogP contribution in [0.2, 0.25) is 0 Å². The van der Waals surface area contributed by atoms with Gasteiger partial charge in [0.15, 0.2) is 0 Å². The molecule has 4 rings (SSSR count). The third kappa shape index (κ3) is 1.85. The van der Waals surface area contributed by atoms with Crippen LogP contribution in [0.15, 0.2) is 0 Å². The number of rotatable bonds is 3. The van der Waals surface area contributed by atoms with E-state index in [1.165, 1.54) is 25.7 Å². The Morgan fingerprint density at radius 1 is 1.25 bits per heavy atom. The molecule has 2 bridgehead atoms. The van der Waals surface area contributed by atoms with Gasteiger partial charge in [-0.1, -0.05) is 19.8 Å². The lowest BCUT2D eigenvalue weighted by Gasteiger charge is -2.39. The summed E-state index contributed by atoms with van der Waals surface area (Å²) in [5.41, 5.74) is -0.315. The molecule has 0 spiro atoms. The van der Waals surface area contributed by atoms with Gasteiger partial charge in [0.2, 0.25) is 5.91 Å². The second-order valence-electron chi connectivity index (χ2n) is 8.14. The highest BCUT2D eigenvalue weighted by Crippen LogP contribution is 2.69. The lowest BCUT2D eigenvalue weighted by molar-refractivity contribution is -0.126. The van der Waals surface area contributed by atoms with E-state index in [4.69, 9.17) is 0 Å². The molecule has 2 N–H and O–H groups in total. The molecule has 20 heavy (non-hydrogen) atoms. The molecule has 0 radical (unpaired) electrons. The van der Waals surface area contributed by atoms with Crippen molar-refractivity contribution in [3.63, 3.8) is 0 Å². The number of fused-ring (bicyclic) bond motifs is 5. The van der Waals surface area contributed by atoms with E-state index in [9.17, 15) is 9.90 Å². The predicted octanol–water partition coefficient (Wildman–Crippen LogP) is 2.34. The van der Waals surface area contributed by atoms with Crippen molar-refractivity contribution in [2.45, 2.75) is 57.4 Å². The molecular formula is C17H27NO2. The predicted molar refractivity (Wildman–Crippen MR) is 76.9 cm³/mol. The molecule has 4 saturated carbocycles. The normalized spacial score (nSPS) is 52.7. The summed E-state index contributed by atoms with van der Waals surface area (Å²) in [4.78, 5) is 12.7. The summed E-state index contributed by atoms with van der Waals surface area (Å²) in [7, 11) is 0. The molecule has 0 aromatic heterocycles. The molecule has 4 aliphatic rings. The molecule has 1 amide bonds. The quantitative estimate of drug-likeness (QED) is 0.832. The lowest BCUT2D eigenvalue weighted by Crippen LogP contribution is -2.54. The molecule has 6 atom stereocenters. The molecule has 0 aromatic carbocycles. The maximum Gasteiger partial charge on any atom is 0.224 e. The second-order valence-corrected chi connectivity index (χ2v) is 8.14. The van der Waals surface area contributed by atoms with Crippen molar-refractivity contribution in [2.75, 3.05) is 6.61 Å². The van der Waals surface area contributed by atoms with Crippen LogP contribution < -0.4 is 5.32 Å². The molecule has 3 nitrogen and oxygen atoms in total. The number of hydrogen-bond donors (Lipinski definition) is 2. The zero-order valence-corrected chi connectivity index (χ0v) is 12.5. The summed E-state index contributed by atoms with van der Waals surface area (Å²) in [6.07, 6.45) is 8.37. The number of hydrogen-bond acceptors (Lipinski definition) is 2. The van der Waals surface area contributed by atoms with Gasteiger partial charge in [-0.15, -0.1) is 0 Å². The van der Waals surface area contributed by atoms with E-state index in [1.54, 1.807) is 0 Å². The Bertz CT molecular complexity index is 407. The lowest BCUT2D eigenvalue weighted by atomic mass is 9.76. The Labute approximate surface area is 121 Å². The summed E-state index contributed by atoms with van der Waals surface area (Å²) in [5, 5.41) is 13.1. The maximum atomic E-state index is 12.7. The minimum atomic E-state index is -0.315. The van der Waals surface area contributed by atoms with Crippen LogP contribution in [0.5, 0.6) is 0 Å². The minimum absolute atomic E-state index is 0.109. The molecule has 0 aliphatic heterocycles. The van der Waals surface area contributed by atoms with E-state index < -0.39 is 0 Å². The van der Waals surface area contributed by atoms with Gasteiger partial charge in [0.05, 0.1) is 12.1 Å². The van der Waals surface area contributed by atoms with Gasteiger partial charge in [-0.25, -0.2) is 0 Å². The number of carbonyl (C=O) groups excluding carboxylic acids is 1. The third-order valence-electron chi connectivity index (χ3n) is 6.82. The van der Waals surface area contributed by atoms with Crippen molar-refractivity contribution in [1.29, 1.82) is 0 Å². The van der Waals surface area contributed by atoms with Crippen LogP contribution in [0.25, 0.3) is 0 Å². The van der Waals surface area contributed by atoms with Gasteiger partial charge in [0, 0.05) is 5.92 Å². The summed E-state index contributed by atoms with van der Waals surface area (Å²) < 4.78 is 0. The molecule has 0 saturated heterocycles. The number of amides is 1. The van der Waals surface area contributed by atoms with Gasteiger partial charge in [-0.3, -0.25) is 4.79 Å². The van der Waals surface area contributed by atoms with E-state index >= 15 is 0 Å². The van der Waals surface area contributed by atoms with Gasteiger partial charge in [0.1, 0.15) is 0 Å². The van der Waals surface area contributed by atoms with Gasteiger partial charge >= 0.3 is 0 Å². The maximum absolute atomic E-state index is 12.7. The Hall–Kier alpha value is -0.570. The van der Waals surface area contributed by atoms with Crippen LogP contribution in [-0.4, -0.2) is 23.2 Å². The molecule has 0 heterocycles. The van der Waals surface area contributed by atoms with Crippen LogP contribution >= 0.6 is 0 Å². The first kappa shape index (κ1) is 13.1. The highest BCUT2D eigenvalue weighted by Gasteiger charge is 2.67. The largest absolute Gasteiger partial charge is 0.394 e. The fourth-order valence-electron chi connectivity index (χ4n) is 5.98. The Balaban J connectivity index is 1.42. The van der Waals surface area contributed by atoms with Crippen LogP contribution in [-0.2, 0) is 4.79 Å². The van der Waals surface area contributed by atoms with E-state index in [2.05, 4.69) is 12.2 Å². The molecule has 112 valence electrons. The summed E-state index contributed by atoms with van der Waals surface area (Å²) in [6, 6.07) is 0. The van der Waals surface area contributed by atoms with Crippen molar-refractivity contribution in [2.24, 2.45) is 35.5 Å². The molecule has 6 unspecified atom stereocenters. The molecular weight excluding hydrogens is 250 g/mol. The van der Waals surface area contributed by atoms with Gasteiger partial charge in [-0.2, -0.15) is 0 Å². The molecule has 4 fully saturated rings. The summed E-state index contributed by atoms with van der Waals surface area (Å²) >= 11 is 0. The number of aliphatic hydroxyl groups is 1. The second kappa shape index (κ2) is 4.46. The number of nitrogens with one attached hydrogen (secondary N) is 1. The van der Waals surface area contributed by atoms with Gasteiger partial charge in [-0.05, 0) is 61.7 Å². The fraction of sp³-hybridized carbons (Fsp3) is 0.941. The van der Waals surface area contributed by atoms with E-state index in [1.807, 2.05) is 0 Å². The molecule has 4 aliphatic carbocycles. The Morgan fingerprint density at radius 2 is 1.95 bits per heavy atom. The minimum Gasteiger partial charge on any atom is -0.394 e. The monoisotopic (exact) mass is 277 g/mol. The Morgan fingerprint density at radius 3 is 2.55 bits per heavy atom. The first-order valence-corrected chi connectivity index (χ1v) is 8.56. The van der Waals surface area contributed by atoms with Gasteiger partial charge < -0.3 is 10.4 Å². The van der Waals surface area contributed by atoms with Crippen molar-refractivity contribution >= 4 is 5.91 Å². The highest BCUT2D eigenvalue weighted by atomic mass is 16.3. The average Bonchev–Trinajstić information content (AvgIpc) is 2.88. The first-order valence-electron chi connectivity index (χ1n) is 8.56. The standard InChI is InChI=1S/C17H27NO2/c1-10-3-2-6-17(8-10,9-19)18-16(20)15-13-11-4-5-12(7-11)14(13)15/h10-15,19H,2-9H2,1H3,(H,18,20). The Kier molecular flexibility index (Phi) is 2.93. The average molecular weight is 277 g/mol. The topological polar surface area (TPSA) is 49.3 Å². The number of aliphatic hydroxyl groups excluding tert-OH is 1. The van der Waals surface area contributed by atoms with Crippen LogP contribution in [0.3, 0.4) is 0 Å². The van der Waals surface area contributed by atoms with E-state index in [0.29, 0.717) is 23.7 Å². The third-order valence-corrected chi connectivity index (χ3v) is 6.82. The number of carbonyl (C=O) groups is 1. The summed E-state index contributed by atoms with van der Waals surface area (Å²) in [5.74, 6) is 4.26. The molecule has 3 heteroatoms. The van der Waals surface area contributed by atoms with Crippen LogP contribution in [0.4, 0.5) is 0 Å².